The van der Waals surface area contributed by atoms with Crippen molar-refractivity contribution < 1.29 is 23.7 Å². The molecule has 6 nitrogen and oxygen atoms in total. The van der Waals surface area contributed by atoms with Crippen molar-refractivity contribution in [3.8, 4) is 23.0 Å². The molecule has 0 spiro atoms. The maximum absolute atomic E-state index is 12.6. The molecule has 1 aliphatic heterocycles. The lowest BCUT2D eigenvalue weighted by Gasteiger charge is -2.18. The normalized spacial score (nSPS) is 13.6. The Hall–Kier alpha value is -3.67. The van der Waals surface area contributed by atoms with E-state index in [4.69, 9.17) is 18.9 Å². The molecular weight excluding hydrogens is 406 g/mol. The van der Waals surface area contributed by atoms with E-state index in [-0.39, 0.29) is 11.5 Å². The van der Waals surface area contributed by atoms with Crippen molar-refractivity contribution in [2.24, 2.45) is 0 Å². The Kier molecular flexibility index (Phi) is 5.95. The van der Waals surface area contributed by atoms with Crippen molar-refractivity contribution in [3.63, 3.8) is 0 Å². The molecule has 1 heterocycles. The number of ether oxygens (including phenoxy) is 4. The number of carbonyl (C=O) groups is 1. The van der Waals surface area contributed by atoms with Crippen molar-refractivity contribution in [2.45, 2.75) is 32.5 Å². The van der Waals surface area contributed by atoms with Crippen LogP contribution in [0, 0.1) is 0 Å². The summed E-state index contributed by atoms with van der Waals surface area (Å²) in [4.78, 5) is 12.6. The molecule has 1 amide bonds. The van der Waals surface area contributed by atoms with Crippen molar-refractivity contribution in [3.05, 3.63) is 77.4 Å². The Balaban J connectivity index is 1.39. The minimum Gasteiger partial charge on any atom is -0.493 e. The summed E-state index contributed by atoms with van der Waals surface area (Å²) < 4.78 is 22.6. The van der Waals surface area contributed by atoms with E-state index in [9.17, 15) is 4.79 Å². The number of methoxy groups -OCH3 is 2. The van der Waals surface area contributed by atoms with E-state index in [1.807, 2.05) is 24.3 Å². The fourth-order valence-corrected chi connectivity index (χ4v) is 3.73. The molecule has 0 saturated carbocycles. The van der Waals surface area contributed by atoms with Crippen LogP contribution in [0.2, 0.25) is 0 Å². The van der Waals surface area contributed by atoms with Crippen LogP contribution in [0.1, 0.15) is 35.3 Å². The highest BCUT2D eigenvalue weighted by Gasteiger charge is 2.32. The Morgan fingerprint density at radius 1 is 0.969 bits per heavy atom. The number of fused-ring (bicyclic) bond motifs is 1. The van der Waals surface area contributed by atoms with Crippen LogP contribution >= 0.6 is 0 Å². The first-order valence-electron chi connectivity index (χ1n) is 10.4. The summed E-state index contributed by atoms with van der Waals surface area (Å²) in [7, 11) is 3.13. The maximum atomic E-state index is 12.6. The van der Waals surface area contributed by atoms with Crippen LogP contribution in [0.4, 0.5) is 5.69 Å². The van der Waals surface area contributed by atoms with Gasteiger partial charge in [0.2, 0.25) is 0 Å². The van der Waals surface area contributed by atoms with E-state index in [0.717, 1.165) is 29.0 Å². The van der Waals surface area contributed by atoms with Crippen LogP contribution in [0.3, 0.4) is 0 Å². The van der Waals surface area contributed by atoms with Gasteiger partial charge >= 0.3 is 0 Å². The molecule has 0 aliphatic carbocycles. The van der Waals surface area contributed by atoms with Gasteiger partial charge in [0.05, 0.1) is 14.2 Å². The quantitative estimate of drug-likeness (QED) is 0.551. The van der Waals surface area contributed by atoms with Gasteiger partial charge in [0.1, 0.15) is 12.2 Å². The summed E-state index contributed by atoms with van der Waals surface area (Å²) in [5.74, 6) is 2.51. The number of carbonyl (C=O) groups excluding carboxylic acids is 1. The highest BCUT2D eigenvalue weighted by Crippen LogP contribution is 2.42. The first-order chi connectivity index (χ1) is 15.4. The topological polar surface area (TPSA) is 66.0 Å². The molecule has 0 bridgehead atoms. The van der Waals surface area contributed by atoms with Gasteiger partial charge in [0.25, 0.3) is 5.91 Å². The van der Waals surface area contributed by atoms with E-state index in [1.165, 1.54) is 0 Å². The molecule has 1 aliphatic rings. The van der Waals surface area contributed by atoms with E-state index in [0.29, 0.717) is 29.4 Å². The van der Waals surface area contributed by atoms with Crippen molar-refractivity contribution >= 4 is 11.6 Å². The van der Waals surface area contributed by atoms with Gasteiger partial charge in [-0.05, 0) is 49.7 Å². The Bertz CT molecular complexity index is 1120. The first kappa shape index (κ1) is 21.6. The second-order valence-corrected chi connectivity index (χ2v) is 8.29. The second kappa shape index (κ2) is 8.83. The van der Waals surface area contributed by atoms with Crippen LogP contribution in [-0.4, -0.2) is 25.7 Å². The molecule has 1 N–H and O–H groups in total. The smallest absolute Gasteiger partial charge is 0.255 e. The SMILES string of the molecule is COc1ccc(NC(=O)c2ccc(COc3cccc4c3OC(C)(C)C4)cc2)cc1OC. The van der Waals surface area contributed by atoms with Crippen LogP contribution < -0.4 is 24.3 Å². The molecule has 0 radical (unpaired) electrons. The summed E-state index contributed by atoms with van der Waals surface area (Å²) >= 11 is 0. The van der Waals surface area contributed by atoms with Gasteiger partial charge in [-0.2, -0.15) is 0 Å². The minimum absolute atomic E-state index is 0.207. The average molecular weight is 434 g/mol. The predicted molar refractivity (Wildman–Crippen MR) is 123 cm³/mol. The van der Waals surface area contributed by atoms with Gasteiger partial charge in [-0.3, -0.25) is 4.79 Å². The third-order valence-corrected chi connectivity index (χ3v) is 5.31. The predicted octanol–water partition coefficient (Wildman–Crippen LogP) is 5.25. The number of rotatable bonds is 7. The lowest BCUT2D eigenvalue weighted by Crippen LogP contribution is -2.24. The van der Waals surface area contributed by atoms with Crippen molar-refractivity contribution in [1.29, 1.82) is 0 Å². The van der Waals surface area contributed by atoms with Crippen LogP contribution in [0.5, 0.6) is 23.0 Å². The summed E-state index contributed by atoms with van der Waals surface area (Å²) in [6, 6.07) is 18.6. The number of para-hydroxylation sites is 1. The summed E-state index contributed by atoms with van der Waals surface area (Å²) in [5.41, 5.74) is 3.08. The molecule has 0 atom stereocenters. The molecule has 6 heteroatoms. The number of hydrogen-bond acceptors (Lipinski definition) is 5. The fourth-order valence-electron chi connectivity index (χ4n) is 3.73. The molecule has 0 unspecified atom stereocenters. The van der Waals surface area contributed by atoms with Crippen LogP contribution in [-0.2, 0) is 13.0 Å². The van der Waals surface area contributed by atoms with Crippen molar-refractivity contribution in [2.75, 3.05) is 19.5 Å². The Labute approximate surface area is 188 Å². The lowest BCUT2D eigenvalue weighted by atomic mass is 10.0. The number of amides is 1. The average Bonchev–Trinajstić information content (AvgIpc) is 3.12. The molecule has 3 aromatic carbocycles. The molecule has 0 aromatic heterocycles. The van der Waals surface area contributed by atoms with Gasteiger partial charge in [0, 0.05) is 29.3 Å². The second-order valence-electron chi connectivity index (χ2n) is 8.29. The summed E-state index contributed by atoms with van der Waals surface area (Å²) in [6.45, 7) is 4.53. The third kappa shape index (κ3) is 4.64. The van der Waals surface area contributed by atoms with E-state index >= 15 is 0 Å². The maximum Gasteiger partial charge on any atom is 0.255 e. The summed E-state index contributed by atoms with van der Waals surface area (Å²) in [5, 5.41) is 2.88. The standard InChI is InChI=1S/C26H27NO5/c1-26(2)15-19-6-5-7-22(24(19)32-26)31-16-17-8-10-18(11-9-17)25(28)27-20-12-13-21(29-3)23(14-20)30-4/h5-14H,15-16H2,1-4H3,(H,27,28). The van der Waals surface area contributed by atoms with Gasteiger partial charge in [-0.15, -0.1) is 0 Å². The van der Waals surface area contributed by atoms with Gasteiger partial charge in [0.15, 0.2) is 23.0 Å². The molecule has 166 valence electrons. The molecule has 0 saturated heterocycles. The van der Waals surface area contributed by atoms with E-state index < -0.39 is 0 Å². The first-order valence-corrected chi connectivity index (χ1v) is 10.4. The Morgan fingerprint density at radius 2 is 1.72 bits per heavy atom. The highest BCUT2D eigenvalue weighted by molar-refractivity contribution is 6.04. The van der Waals surface area contributed by atoms with E-state index in [1.54, 1.807) is 44.6 Å². The minimum atomic E-state index is -0.218. The number of anilines is 1. The summed E-state index contributed by atoms with van der Waals surface area (Å²) in [6.07, 6.45) is 0.864. The van der Waals surface area contributed by atoms with Crippen LogP contribution in [0.15, 0.2) is 60.7 Å². The lowest BCUT2D eigenvalue weighted by molar-refractivity contribution is 0.102. The zero-order valence-electron chi connectivity index (χ0n) is 18.7. The monoisotopic (exact) mass is 433 g/mol. The highest BCUT2D eigenvalue weighted by atomic mass is 16.5. The third-order valence-electron chi connectivity index (χ3n) is 5.31. The van der Waals surface area contributed by atoms with Gasteiger partial charge in [-0.1, -0.05) is 24.3 Å². The largest absolute Gasteiger partial charge is 0.493 e. The number of nitrogens with one attached hydrogen (secondary N) is 1. The molecule has 4 rings (SSSR count). The zero-order chi connectivity index (χ0) is 22.7. The van der Waals surface area contributed by atoms with Crippen LogP contribution in [0.25, 0.3) is 0 Å². The van der Waals surface area contributed by atoms with E-state index in [2.05, 4.69) is 25.2 Å². The molecular formula is C26H27NO5. The van der Waals surface area contributed by atoms with Crippen molar-refractivity contribution in [1.82, 2.24) is 0 Å². The fraction of sp³-hybridized carbons (Fsp3) is 0.269. The number of hydrogen-bond donors (Lipinski definition) is 1. The zero-order valence-corrected chi connectivity index (χ0v) is 18.7. The molecule has 32 heavy (non-hydrogen) atoms. The number of benzene rings is 3. The Morgan fingerprint density at radius 3 is 2.44 bits per heavy atom. The molecule has 3 aromatic rings. The van der Waals surface area contributed by atoms with Gasteiger partial charge < -0.3 is 24.3 Å². The molecule has 0 fully saturated rings. The van der Waals surface area contributed by atoms with Gasteiger partial charge in [-0.25, -0.2) is 0 Å².